The first-order valence-corrected chi connectivity index (χ1v) is 13.5. The molecule has 0 heterocycles. The largest absolute Gasteiger partial charge is 0.352 e. The van der Waals surface area contributed by atoms with Gasteiger partial charge in [-0.15, -0.1) is 0 Å². The maximum Gasteiger partial charge on any atom is 0.271 e. The van der Waals surface area contributed by atoms with Crippen LogP contribution in [0.5, 0.6) is 0 Å². The summed E-state index contributed by atoms with van der Waals surface area (Å²) < 4.78 is 26.2. The number of carbonyl (C=O) groups excluding carboxylic acids is 2. The summed E-state index contributed by atoms with van der Waals surface area (Å²) in [5, 5.41) is 14.6. The van der Waals surface area contributed by atoms with E-state index in [1.54, 1.807) is 38.1 Å². The fourth-order valence-corrected chi connectivity index (χ4v) is 4.43. The number of anilines is 1. The van der Waals surface area contributed by atoms with Crippen molar-refractivity contribution in [3.63, 3.8) is 0 Å². The number of rotatable bonds is 11. The van der Waals surface area contributed by atoms with Crippen molar-refractivity contribution in [3.8, 4) is 0 Å². The highest BCUT2D eigenvalue weighted by Crippen LogP contribution is 2.28. The van der Waals surface area contributed by atoms with E-state index in [9.17, 15) is 28.1 Å². The molecule has 0 aromatic heterocycles. The Labute approximate surface area is 216 Å². The highest BCUT2D eigenvalue weighted by atomic mass is 35.5. The number of hydrogen-bond acceptors (Lipinski definition) is 6. The summed E-state index contributed by atoms with van der Waals surface area (Å²) in [6, 6.07) is 9.48. The van der Waals surface area contributed by atoms with Crippen LogP contribution < -0.4 is 9.62 Å². The average molecular weight is 539 g/mol. The van der Waals surface area contributed by atoms with Gasteiger partial charge in [-0.25, -0.2) is 8.42 Å². The quantitative estimate of drug-likeness (QED) is 0.343. The van der Waals surface area contributed by atoms with Crippen molar-refractivity contribution in [2.24, 2.45) is 0 Å². The fraction of sp³-hybridized carbons (Fsp3) is 0.417. The molecule has 196 valence electrons. The van der Waals surface area contributed by atoms with Crippen LogP contribution in [-0.2, 0) is 26.2 Å². The van der Waals surface area contributed by atoms with Crippen molar-refractivity contribution in [3.05, 3.63) is 68.7 Å². The van der Waals surface area contributed by atoms with Crippen LogP contribution in [0.25, 0.3) is 0 Å². The van der Waals surface area contributed by atoms with Crippen LogP contribution in [0.4, 0.5) is 11.4 Å². The summed E-state index contributed by atoms with van der Waals surface area (Å²) in [5.74, 6) is -1.03. The van der Waals surface area contributed by atoms with Gasteiger partial charge in [0.1, 0.15) is 12.6 Å². The van der Waals surface area contributed by atoms with Gasteiger partial charge in [0, 0.05) is 29.7 Å². The Hall–Kier alpha value is -3.18. The number of nitrogens with one attached hydrogen (secondary N) is 1. The fourth-order valence-electron chi connectivity index (χ4n) is 3.41. The van der Waals surface area contributed by atoms with Crippen LogP contribution in [0.3, 0.4) is 0 Å². The number of nitro benzene ring substituents is 1. The van der Waals surface area contributed by atoms with Crippen molar-refractivity contribution in [2.75, 3.05) is 17.1 Å². The van der Waals surface area contributed by atoms with Crippen LogP contribution in [0.2, 0.25) is 5.02 Å². The Morgan fingerprint density at radius 3 is 2.28 bits per heavy atom. The molecule has 0 aliphatic rings. The summed E-state index contributed by atoms with van der Waals surface area (Å²) in [6.07, 6.45) is 1.61. The average Bonchev–Trinajstić information content (AvgIpc) is 2.81. The minimum atomic E-state index is -4.01. The van der Waals surface area contributed by atoms with Gasteiger partial charge in [0.2, 0.25) is 21.8 Å². The number of benzene rings is 2. The van der Waals surface area contributed by atoms with Crippen molar-refractivity contribution < 1.29 is 22.9 Å². The van der Waals surface area contributed by atoms with E-state index in [0.29, 0.717) is 22.6 Å². The van der Waals surface area contributed by atoms with Gasteiger partial charge in [0.25, 0.3) is 5.69 Å². The predicted molar refractivity (Wildman–Crippen MR) is 139 cm³/mol. The van der Waals surface area contributed by atoms with Crippen LogP contribution >= 0.6 is 11.6 Å². The van der Waals surface area contributed by atoms with Crippen LogP contribution in [0, 0.1) is 17.0 Å². The molecule has 0 saturated heterocycles. The summed E-state index contributed by atoms with van der Waals surface area (Å²) in [7, 11) is -4.01. The number of non-ortho nitro benzene ring substituents is 1. The Kier molecular flexibility index (Phi) is 9.83. The van der Waals surface area contributed by atoms with Gasteiger partial charge in [-0.1, -0.05) is 36.7 Å². The molecule has 36 heavy (non-hydrogen) atoms. The highest BCUT2D eigenvalue weighted by Gasteiger charge is 2.31. The molecule has 1 N–H and O–H groups in total. The maximum atomic E-state index is 13.6. The van der Waals surface area contributed by atoms with Gasteiger partial charge < -0.3 is 10.2 Å². The van der Waals surface area contributed by atoms with Crippen molar-refractivity contribution in [2.45, 2.75) is 52.7 Å². The van der Waals surface area contributed by atoms with E-state index in [1.807, 2.05) is 13.8 Å². The molecule has 2 rings (SSSR count). The lowest BCUT2D eigenvalue weighted by Crippen LogP contribution is -2.52. The SMILES string of the molecule is CC[C@@H](C)NC(=O)[C@H](C)N(Cc1ccc(Cl)cc1)C(=O)CN(c1cc([N+](=O)[O-])ccc1C)S(C)(=O)=O. The summed E-state index contributed by atoms with van der Waals surface area (Å²) in [4.78, 5) is 38.4. The Bertz CT molecular complexity index is 1220. The van der Waals surface area contributed by atoms with Gasteiger partial charge in [-0.3, -0.25) is 24.0 Å². The van der Waals surface area contributed by atoms with Crippen LogP contribution in [0.15, 0.2) is 42.5 Å². The first kappa shape index (κ1) is 29.1. The molecule has 0 radical (unpaired) electrons. The normalized spacial score (nSPS) is 12.9. The number of aryl methyl sites for hydroxylation is 1. The van der Waals surface area contributed by atoms with E-state index in [2.05, 4.69) is 5.32 Å². The molecule has 12 heteroatoms. The lowest BCUT2D eigenvalue weighted by Gasteiger charge is -2.32. The van der Waals surface area contributed by atoms with Gasteiger partial charge >= 0.3 is 0 Å². The van der Waals surface area contributed by atoms with Gasteiger partial charge in [-0.2, -0.15) is 0 Å². The Morgan fingerprint density at radius 1 is 1.14 bits per heavy atom. The smallest absolute Gasteiger partial charge is 0.271 e. The molecular formula is C24H31ClN4O6S. The Morgan fingerprint density at radius 2 is 1.75 bits per heavy atom. The standard InChI is InChI=1S/C24H31ClN4O6S/c1-6-17(3)26-24(31)18(4)27(14-19-8-10-20(25)11-9-19)23(30)15-28(36(5,34)35)22-13-21(29(32)33)12-7-16(22)2/h7-13,17-18H,6,14-15H2,1-5H3,(H,26,31)/t17-,18+/m1/s1. The predicted octanol–water partition coefficient (Wildman–Crippen LogP) is 3.65. The number of amides is 2. The number of sulfonamides is 1. The molecule has 0 bridgehead atoms. The van der Waals surface area contributed by atoms with E-state index in [-0.39, 0.29) is 29.9 Å². The number of nitrogens with zero attached hydrogens (tertiary/aromatic N) is 3. The monoisotopic (exact) mass is 538 g/mol. The zero-order valence-corrected chi connectivity index (χ0v) is 22.5. The molecule has 0 saturated carbocycles. The van der Waals surface area contributed by atoms with E-state index in [4.69, 9.17) is 11.6 Å². The zero-order valence-electron chi connectivity index (χ0n) is 20.9. The first-order chi connectivity index (χ1) is 16.7. The van der Waals surface area contributed by atoms with Gasteiger partial charge in [0.15, 0.2) is 0 Å². The van der Waals surface area contributed by atoms with E-state index in [1.165, 1.54) is 17.0 Å². The van der Waals surface area contributed by atoms with Crippen molar-refractivity contribution in [1.82, 2.24) is 10.2 Å². The molecule has 10 nitrogen and oxygen atoms in total. The minimum absolute atomic E-state index is 0.0169. The second kappa shape index (κ2) is 12.2. The van der Waals surface area contributed by atoms with E-state index in [0.717, 1.165) is 16.6 Å². The van der Waals surface area contributed by atoms with E-state index >= 15 is 0 Å². The third-order valence-corrected chi connectivity index (χ3v) is 7.16. The molecule has 2 aromatic rings. The molecule has 0 unspecified atom stereocenters. The van der Waals surface area contributed by atoms with Crippen LogP contribution in [-0.4, -0.2) is 54.9 Å². The maximum absolute atomic E-state index is 13.6. The molecule has 0 fully saturated rings. The van der Waals surface area contributed by atoms with E-state index < -0.39 is 33.4 Å². The van der Waals surface area contributed by atoms with Crippen LogP contribution in [0.1, 0.15) is 38.3 Å². The molecule has 2 aromatic carbocycles. The summed E-state index contributed by atoms with van der Waals surface area (Å²) >= 11 is 5.97. The molecule has 0 aliphatic carbocycles. The lowest BCUT2D eigenvalue weighted by molar-refractivity contribution is -0.384. The molecule has 0 spiro atoms. The number of nitro groups is 1. The van der Waals surface area contributed by atoms with Crippen molar-refractivity contribution >= 4 is 44.8 Å². The summed E-state index contributed by atoms with van der Waals surface area (Å²) in [6.45, 7) is 6.29. The minimum Gasteiger partial charge on any atom is -0.352 e. The second-order valence-electron chi connectivity index (χ2n) is 8.64. The summed E-state index contributed by atoms with van der Waals surface area (Å²) in [5.41, 5.74) is 0.832. The number of carbonyl (C=O) groups is 2. The molecular weight excluding hydrogens is 508 g/mol. The number of hydrogen-bond donors (Lipinski definition) is 1. The zero-order chi connectivity index (χ0) is 27.2. The second-order valence-corrected chi connectivity index (χ2v) is 11.0. The molecule has 2 amide bonds. The molecule has 0 aliphatic heterocycles. The molecule has 2 atom stereocenters. The first-order valence-electron chi connectivity index (χ1n) is 11.3. The third-order valence-electron chi connectivity index (χ3n) is 5.79. The Balaban J connectivity index is 2.47. The third kappa shape index (κ3) is 7.66. The van der Waals surface area contributed by atoms with Gasteiger partial charge in [-0.05, 0) is 50.5 Å². The topological polar surface area (TPSA) is 130 Å². The van der Waals surface area contributed by atoms with Gasteiger partial charge in [0.05, 0.1) is 16.9 Å². The number of halogens is 1. The highest BCUT2D eigenvalue weighted by molar-refractivity contribution is 7.92. The van der Waals surface area contributed by atoms with Crippen molar-refractivity contribution in [1.29, 1.82) is 0 Å². The lowest BCUT2D eigenvalue weighted by atomic mass is 10.1.